The minimum atomic E-state index is -0.264. The Morgan fingerprint density at radius 3 is 2.49 bits per heavy atom. The van der Waals surface area contributed by atoms with Gasteiger partial charge in [0.2, 0.25) is 0 Å². The van der Waals surface area contributed by atoms with E-state index in [0.29, 0.717) is 35.2 Å². The number of carbonyl (C=O) groups is 1. The van der Waals surface area contributed by atoms with Crippen LogP contribution in [0.4, 0.5) is 0 Å². The van der Waals surface area contributed by atoms with Crippen LogP contribution in [0.3, 0.4) is 0 Å². The highest BCUT2D eigenvalue weighted by Crippen LogP contribution is 2.68. The fourth-order valence-corrected chi connectivity index (χ4v) is 9.30. The van der Waals surface area contributed by atoms with Gasteiger partial charge in [-0.15, -0.1) is 0 Å². The van der Waals surface area contributed by atoms with E-state index in [4.69, 9.17) is 14.2 Å². The van der Waals surface area contributed by atoms with E-state index in [2.05, 4.69) is 13.8 Å². The van der Waals surface area contributed by atoms with Gasteiger partial charge in [-0.3, -0.25) is 0 Å². The van der Waals surface area contributed by atoms with Crippen LogP contribution in [0, 0.1) is 40.4 Å². The summed E-state index contributed by atoms with van der Waals surface area (Å²) >= 11 is 0. The van der Waals surface area contributed by atoms with E-state index in [1.54, 1.807) is 7.11 Å². The number of esters is 1. The fourth-order valence-electron chi connectivity index (χ4n) is 9.30. The Balaban J connectivity index is 1.38. The number of carbonyl (C=O) groups excluding carboxylic acids is 1. The molecule has 4 saturated carbocycles. The average Bonchev–Trinajstić information content (AvgIpc) is 3.20. The van der Waals surface area contributed by atoms with Gasteiger partial charge < -0.3 is 19.3 Å². The van der Waals surface area contributed by atoms with Crippen molar-refractivity contribution < 1.29 is 24.1 Å². The number of benzene rings is 1. The topological polar surface area (TPSA) is 65.0 Å². The molecule has 35 heavy (non-hydrogen) atoms. The Bertz CT molecular complexity index is 886. The third kappa shape index (κ3) is 4.36. The minimum Gasteiger partial charge on any atom is -0.456 e. The van der Waals surface area contributed by atoms with Crippen LogP contribution < -0.4 is 0 Å². The third-order valence-corrected chi connectivity index (χ3v) is 11.0. The molecule has 1 N–H and O–H groups in total. The number of rotatable bonds is 6. The maximum atomic E-state index is 13.0. The molecule has 0 bridgehead atoms. The van der Waals surface area contributed by atoms with Crippen LogP contribution in [-0.2, 0) is 14.2 Å². The summed E-state index contributed by atoms with van der Waals surface area (Å²) in [6.07, 6.45) is 8.50. The molecule has 0 aliphatic heterocycles. The highest BCUT2D eigenvalue weighted by atomic mass is 16.7. The lowest BCUT2D eigenvalue weighted by atomic mass is 9.44. The SMILES string of the molecule is COCOC1CC2CCC3C(CCC4(C)C(C(C)O)CCC34)C2(C)CC1OC(=O)c1ccccc1. The van der Waals surface area contributed by atoms with Crippen molar-refractivity contribution in [1.82, 2.24) is 0 Å². The lowest BCUT2D eigenvalue weighted by Crippen LogP contribution is -2.57. The van der Waals surface area contributed by atoms with Gasteiger partial charge in [0.25, 0.3) is 0 Å². The van der Waals surface area contributed by atoms with Crippen molar-refractivity contribution in [2.45, 2.75) is 90.4 Å². The van der Waals surface area contributed by atoms with Gasteiger partial charge in [0, 0.05) is 7.11 Å². The first kappa shape index (κ1) is 25.2. The lowest BCUT2D eigenvalue weighted by molar-refractivity contribution is -0.191. The van der Waals surface area contributed by atoms with E-state index >= 15 is 0 Å². The second-order valence-corrected chi connectivity index (χ2v) is 12.5. The molecule has 5 rings (SSSR count). The number of ether oxygens (including phenoxy) is 3. The normalized spacial score (nSPS) is 43.5. The zero-order valence-electron chi connectivity index (χ0n) is 21.9. The Labute approximate surface area is 210 Å². The van der Waals surface area contributed by atoms with Crippen molar-refractivity contribution in [1.29, 1.82) is 0 Å². The van der Waals surface area contributed by atoms with Gasteiger partial charge in [0.1, 0.15) is 12.9 Å². The van der Waals surface area contributed by atoms with Crippen LogP contribution in [0.15, 0.2) is 30.3 Å². The molecule has 0 aromatic heterocycles. The smallest absolute Gasteiger partial charge is 0.338 e. The number of aliphatic hydroxyl groups excluding tert-OH is 1. The molecule has 10 unspecified atom stereocenters. The molecule has 10 atom stereocenters. The molecule has 5 heteroatoms. The van der Waals surface area contributed by atoms with E-state index in [1.165, 1.54) is 32.1 Å². The lowest BCUT2D eigenvalue weighted by Gasteiger charge is -2.62. The van der Waals surface area contributed by atoms with Gasteiger partial charge in [-0.25, -0.2) is 4.79 Å². The zero-order valence-corrected chi connectivity index (χ0v) is 21.9. The van der Waals surface area contributed by atoms with Gasteiger partial charge >= 0.3 is 5.97 Å². The summed E-state index contributed by atoms with van der Waals surface area (Å²) in [5.74, 6) is 2.80. The largest absolute Gasteiger partial charge is 0.456 e. The first-order valence-corrected chi connectivity index (χ1v) is 13.8. The molecule has 194 valence electrons. The molecular weight excluding hydrogens is 440 g/mol. The second kappa shape index (κ2) is 9.79. The highest BCUT2D eigenvalue weighted by Gasteiger charge is 2.62. The fraction of sp³-hybridized carbons (Fsp3) is 0.767. The Morgan fingerprint density at radius 1 is 1.03 bits per heavy atom. The summed E-state index contributed by atoms with van der Waals surface area (Å²) in [4.78, 5) is 13.0. The van der Waals surface area contributed by atoms with Gasteiger partial charge in [-0.1, -0.05) is 32.0 Å². The minimum absolute atomic E-state index is 0.128. The zero-order chi connectivity index (χ0) is 24.8. The molecule has 1 aromatic carbocycles. The number of fused-ring (bicyclic) bond motifs is 5. The van der Waals surface area contributed by atoms with E-state index < -0.39 is 0 Å². The van der Waals surface area contributed by atoms with E-state index in [9.17, 15) is 9.90 Å². The molecule has 5 nitrogen and oxygen atoms in total. The van der Waals surface area contributed by atoms with E-state index in [-0.39, 0.29) is 41.9 Å². The van der Waals surface area contributed by atoms with Crippen molar-refractivity contribution in [2.75, 3.05) is 13.9 Å². The van der Waals surface area contributed by atoms with Gasteiger partial charge in [-0.05, 0) is 111 Å². The summed E-state index contributed by atoms with van der Waals surface area (Å²) in [6, 6.07) is 9.30. The molecule has 0 spiro atoms. The standard InChI is InChI=1S/C30H44O5/c1-19(31)23-12-13-24-22-11-10-21-16-26(34-18-33-4)27(35-28(32)20-8-6-5-7-9-20)17-30(21,3)25(22)14-15-29(23,24)2/h5-9,19,21-27,31H,10-18H2,1-4H3. The number of hydrogen-bond acceptors (Lipinski definition) is 5. The van der Waals surface area contributed by atoms with Gasteiger partial charge in [0.05, 0.1) is 17.8 Å². The van der Waals surface area contributed by atoms with Gasteiger partial charge in [0.15, 0.2) is 0 Å². The molecule has 0 heterocycles. The van der Waals surface area contributed by atoms with Gasteiger partial charge in [-0.2, -0.15) is 0 Å². The quantitative estimate of drug-likeness (QED) is 0.405. The number of methoxy groups -OCH3 is 1. The molecule has 1 aromatic rings. The summed E-state index contributed by atoms with van der Waals surface area (Å²) in [7, 11) is 1.64. The molecular formula is C30H44O5. The third-order valence-electron chi connectivity index (χ3n) is 11.0. The Kier molecular flexibility index (Phi) is 7.06. The van der Waals surface area contributed by atoms with Crippen LogP contribution in [0.25, 0.3) is 0 Å². The maximum Gasteiger partial charge on any atom is 0.338 e. The summed E-state index contributed by atoms with van der Waals surface area (Å²) in [5.41, 5.74) is 0.994. The molecule has 0 radical (unpaired) electrons. The second-order valence-electron chi connectivity index (χ2n) is 12.5. The van der Waals surface area contributed by atoms with Crippen LogP contribution in [-0.4, -0.2) is 43.3 Å². The first-order chi connectivity index (χ1) is 16.8. The van der Waals surface area contributed by atoms with Crippen LogP contribution in [0.2, 0.25) is 0 Å². The van der Waals surface area contributed by atoms with Crippen molar-refractivity contribution >= 4 is 5.97 Å². The van der Waals surface area contributed by atoms with Crippen LogP contribution in [0.5, 0.6) is 0 Å². The molecule has 0 saturated heterocycles. The van der Waals surface area contributed by atoms with Crippen LogP contribution >= 0.6 is 0 Å². The van der Waals surface area contributed by atoms with Crippen LogP contribution in [0.1, 0.15) is 82.5 Å². The average molecular weight is 485 g/mol. The summed E-state index contributed by atoms with van der Waals surface area (Å²) in [5, 5.41) is 10.5. The van der Waals surface area contributed by atoms with Crippen molar-refractivity contribution in [2.24, 2.45) is 40.4 Å². The van der Waals surface area contributed by atoms with E-state index in [1.807, 2.05) is 37.3 Å². The van der Waals surface area contributed by atoms with Crippen molar-refractivity contribution in [3.05, 3.63) is 35.9 Å². The van der Waals surface area contributed by atoms with Crippen molar-refractivity contribution in [3.8, 4) is 0 Å². The predicted molar refractivity (Wildman–Crippen MR) is 135 cm³/mol. The Morgan fingerprint density at radius 2 is 1.77 bits per heavy atom. The molecule has 4 aliphatic carbocycles. The number of aliphatic hydroxyl groups is 1. The number of hydrogen-bond donors (Lipinski definition) is 1. The van der Waals surface area contributed by atoms with E-state index in [0.717, 1.165) is 19.3 Å². The summed E-state index contributed by atoms with van der Waals surface area (Å²) in [6.45, 7) is 7.16. The highest BCUT2D eigenvalue weighted by molar-refractivity contribution is 5.89. The molecule has 4 fully saturated rings. The predicted octanol–water partition coefficient (Wildman–Crippen LogP) is 5.85. The Hall–Kier alpha value is -1.43. The maximum absolute atomic E-state index is 13.0. The molecule has 0 amide bonds. The van der Waals surface area contributed by atoms with Crippen molar-refractivity contribution in [3.63, 3.8) is 0 Å². The molecule has 4 aliphatic rings. The monoisotopic (exact) mass is 484 g/mol. The first-order valence-electron chi connectivity index (χ1n) is 13.8. The summed E-state index contributed by atoms with van der Waals surface area (Å²) < 4.78 is 17.5.